The molecule has 0 spiro atoms. The molecule has 1 saturated heterocycles. The maximum absolute atomic E-state index is 5.51. The van der Waals surface area contributed by atoms with Crippen molar-refractivity contribution in [3.05, 3.63) is 0 Å². The molecule has 1 rings (SSSR count). The third kappa shape index (κ3) is 4.76. The van der Waals surface area contributed by atoms with Crippen LogP contribution in [-0.2, 0) is 4.74 Å². The predicted octanol–water partition coefficient (Wildman–Crippen LogP) is 2.52. The molecular weight excluding hydrogens is 242 g/mol. The van der Waals surface area contributed by atoms with E-state index < -0.39 is 0 Å². The normalized spacial score (nSPS) is 26.4. The number of halogens is 1. The summed E-state index contributed by atoms with van der Waals surface area (Å²) in [5.74, 6) is 0.840. The quantitative estimate of drug-likeness (QED) is 0.707. The van der Waals surface area contributed by atoms with Crippen molar-refractivity contribution in [2.75, 3.05) is 31.6 Å². The Morgan fingerprint density at radius 1 is 1.50 bits per heavy atom. The highest BCUT2D eigenvalue weighted by Gasteiger charge is 2.16. The van der Waals surface area contributed by atoms with Gasteiger partial charge < -0.3 is 4.74 Å². The number of nitrogens with zero attached hydrogens (tertiary/aromatic N) is 1. The van der Waals surface area contributed by atoms with E-state index in [1.165, 1.54) is 19.4 Å². The fourth-order valence-corrected chi connectivity index (χ4v) is 2.61. The van der Waals surface area contributed by atoms with Gasteiger partial charge in [0.1, 0.15) is 0 Å². The fraction of sp³-hybridized carbons (Fsp3) is 1.00. The lowest BCUT2D eigenvalue weighted by molar-refractivity contribution is -0.0195. The fourth-order valence-electron chi connectivity index (χ4n) is 1.83. The first-order chi connectivity index (χ1) is 6.72. The van der Waals surface area contributed by atoms with Crippen molar-refractivity contribution < 1.29 is 4.74 Å². The van der Waals surface area contributed by atoms with Crippen molar-refractivity contribution in [3.63, 3.8) is 0 Å². The van der Waals surface area contributed by atoms with Crippen molar-refractivity contribution in [3.8, 4) is 0 Å². The van der Waals surface area contributed by atoms with E-state index >= 15 is 0 Å². The zero-order valence-corrected chi connectivity index (χ0v) is 10.9. The number of rotatable bonds is 5. The van der Waals surface area contributed by atoms with Crippen LogP contribution in [-0.4, -0.2) is 42.6 Å². The Kier molecular flexibility index (Phi) is 6.06. The number of hydrogen-bond acceptors (Lipinski definition) is 2. The molecule has 0 N–H and O–H groups in total. The molecule has 0 aliphatic carbocycles. The zero-order chi connectivity index (χ0) is 10.4. The van der Waals surface area contributed by atoms with Gasteiger partial charge in [-0.05, 0) is 32.2 Å². The summed E-state index contributed by atoms with van der Waals surface area (Å²) in [6.07, 6.45) is 3.04. The molecule has 3 heteroatoms. The van der Waals surface area contributed by atoms with Crippen LogP contribution in [0.4, 0.5) is 0 Å². The second kappa shape index (κ2) is 6.81. The van der Waals surface area contributed by atoms with E-state index in [1.54, 1.807) is 0 Å². The highest BCUT2D eigenvalue weighted by atomic mass is 79.9. The summed E-state index contributed by atoms with van der Waals surface area (Å²) in [5.41, 5.74) is 0. The monoisotopic (exact) mass is 263 g/mol. The Morgan fingerprint density at radius 3 is 2.93 bits per heavy atom. The minimum absolute atomic E-state index is 0.426. The van der Waals surface area contributed by atoms with E-state index in [0.717, 1.165) is 30.9 Å². The third-order valence-corrected chi connectivity index (χ3v) is 3.32. The average Bonchev–Trinajstić information content (AvgIpc) is 2.15. The molecule has 2 nitrogen and oxygen atoms in total. The van der Waals surface area contributed by atoms with Crippen molar-refractivity contribution in [1.82, 2.24) is 4.90 Å². The standard InChI is InChI=1S/C11H22BrNO/c1-10(3-5-12)4-6-13-7-8-14-11(2)9-13/h10-11H,3-9H2,1-2H3. The van der Waals surface area contributed by atoms with Crippen LogP contribution in [0, 0.1) is 5.92 Å². The van der Waals surface area contributed by atoms with Crippen LogP contribution in [0.25, 0.3) is 0 Å². The van der Waals surface area contributed by atoms with Gasteiger partial charge in [0, 0.05) is 18.4 Å². The Morgan fingerprint density at radius 2 is 2.29 bits per heavy atom. The van der Waals surface area contributed by atoms with Crippen molar-refractivity contribution in [2.24, 2.45) is 5.92 Å². The van der Waals surface area contributed by atoms with Gasteiger partial charge in [0.2, 0.25) is 0 Å². The second-order valence-corrected chi connectivity index (χ2v) is 5.15. The van der Waals surface area contributed by atoms with E-state index in [9.17, 15) is 0 Å². The van der Waals surface area contributed by atoms with Gasteiger partial charge in [0.25, 0.3) is 0 Å². The van der Waals surface area contributed by atoms with E-state index in [0.29, 0.717) is 6.10 Å². The highest BCUT2D eigenvalue weighted by Crippen LogP contribution is 2.12. The lowest BCUT2D eigenvalue weighted by Gasteiger charge is -2.31. The summed E-state index contributed by atoms with van der Waals surface area (Å²) >= 11 is 3.49. The lowest BCUT2D eigenvalue weighted by Crippen LogP contribution is -2.41. The minimum atomic E-state index is 0.426. The van der Waals surface area contributed by atoms with E-state index in [-0.39, 0.29) is 0 Å². The Balaban J connectivity index is 2.10. The first-order valence-corrected chi connectivity index (χ1v) is 6.74. The van der Waals surface area contributed by atoms with Gasteiger partial charge in [-0.2, -0.15) is 0 Å². The van der Waals surface area contributed by atoms with Gasteiger partial charge in [-0.1, -0.05) is 22.9 Å². The van der Waals surface area contributed by atoms with Gasteiger partial charge in [0.15, 0.2) is 0 Å². The molecule has 1 aliphatic rings. The van der Waals surface area contributed by atoms with Crippen LogP contribution in [0.1, 0.15) is 26.7 Å². The predicted molar refractivity (Wildman–Crippen MR) is 64.0 cm³/mol. The van der Waals surface area contributed by atoms with Crippen molar-refractivity contribution in [1.29, 1.82) is 0 Å². The summed E-state index contributed by atoms with van der Waals surface area (Å²) in [7, 11) is 0. The van der Waals surface area contributed by atoms with Crippen LogP contribution in [0.3, 0.4) is 0 Å². The van der Waals surface area contributed by atoms with Gasteiger partial charge in [-0.25, -0.2) is 0 Å². The van der Waals surface area contributed by atoms with Crippen molar-refractivity contribution >= 4 is 15.9 Å². The van der Waals surface area contributed by atoms with Crippen LogP contribution < -0.4 is 0 Å². The highest BCUT2D eigenvalue weighted by molar-refractivity contribution is 9.09. The number of hydrogen-bond donors (Lipinski definition) is 0. The van der Waals surface area contributed by atoms with E-state index in [4.69, 9.17) is 4.74 Å². The number of morpholine rings is 1. The van der Waals surface area contributed by atoms with E-state index in [1.807, 2.05) is 0 Å². The average molecular weight is 264 g/mol. The van der Waals surface area contributed by atoms with Gasteiger partial charge in [0.05, 0.1) is 12.7 Å². The summed E-state index contributed by atoms with van der Waals surface area (Å²) in [6, 6.07) is 0. The SMILES string of the molecule is CC(CCBr)CCN1CCOC(C)C1. The lowest BCUT2D eigenvalue weighted by atomic mass is 10.0. The molecule has 1 heterocycles. The molecule has 14 heavy (non-hydrogen) atoms. The van der Waals surface area contributed by atoms with Gasteiger partial charge in [-0.15, -0.1) is 0 Å². The molecular formula is C11H22BrNO. The Hall–Kier alpha value is 0.400. The topological polar surface area (TPSA) is 12.5 Å². The molecule has 0 aromatic heterocycles. The molecule has 0 aromatic rings. The summed E-state index contributed by atoms with van der Waals surface area (Å²) < 4.78 is 5.51. The maximum Gasteiger partial charge on any atom is 0.0674 e. The van der Waals surface area contributed by atoms with Crippen molar-refractivity contribution in [2.45, 2.75) is 32.8 Å². The molecule has 1 aliphatic heterocycles. The van der Waals surface area contributed by atoms with Gasteiger partial charge in [-0.3, -0.25) is 4.90 Å². The number of ether oxygens (including phenoxy) is 1. The molecule has 0 aromatic carbocycles. The molecule has 0 amide bonds. The number of alkyl halides is 1. The van der Waals surface area contributed by atoms with Crippen LogP contribution in [0.2, 0.25) is 0 Å². The van der Waals surface area contributed by atoms with E-state index in [2.05, 4.69) is 34.7 Å². The smallest absolute Gasteiger partial charge is 0.0674 e. The van der Waals surface area contributed by atoms with Crippen LogP contribution in [0.15, 0.2) is 0 Å². The summed E-state index contributed by atoms with van der Waals surface area (Å²) in [4.78, 5) is 2.53. The Bertz CT molecular complexity index is 154. The molecule has 0 saturated carbocycles. The minimum Gasteiger partial charge on any atom is -0.376 e. The zero-order valence-electron chi connectivity index (χ0n) is 9.34. The van der Waals surface area contributed by atoms with Crippen LogP contribution in [0.5, 0.6) is 0 Å². The third-order valence-electron chi connectivity index (χ3n) is 2.87. The molecule has 0 radical (unpaired) electrons. The summed E-state index contributed by atoms with van der Waals surface area (Å²) in [6.45, 7) is 8.88. The molecule has 1 fully saturated rings. The second-order valence-electron chi connectivity index (χ2n) is 4.35. The first-order valence-electron chi connectivity index (χ1n) is 5.62. The Labute approximate surface area is 96.1 Å². The molecule has 84 valence electrons. The van der Waals surface area contributed by atoms with Gasteiger partial charge >= 0.3 is 0 Å². The molecule has 2 unspecified atom stereocenters. The first kappa shape index (κ1) is 12.5. The summed E-state index contributed by atoms with van der Waals surface area (Å²) in [5, 5.41) is 1.13. The molecule has 2 atom stereocenters. The van der Waals surface area contributed by atoms with Crippen LogP contribution >= 0.6 is 15.9 Å². The molecule has 0 bridgehead atoms. The maximum atomic E-state index is 5.51. The largest absolute Gasteiger partial charge is 0.376 e.